The standard InChI is InChI=1S/C16H17IO4/c1-19-12-8-13(20-2)15(14(9-12)21-3)16(18)10-5-4-6-11(17)7-10/h4-9,16,18H,1-3H3. The molecule has 21 heavy (non-hydrogen) atoms. The first-order valence-electron chi connectivity index (χ1n) is 6.34. The molecule has 5 heteroatoms. The second-order valence-electron chi connectivity index (χ2n) is 4.40. The molecular formula is C16H17IO4. The van der Waals surface area contributed by atoms with E-state index >= 15 is 0 Å². The second kappa shape index (κ2) is 7.00. The third-order valence-electron chi connectivity index (χ3n) is 3.19. The predicted octanol–water partition coefficient (Wildman–Crippen LogP) is 3.40. The summed E-state index contributed by atoms with van der Waals surface area (Å²) >= 11 is 2.21. The largest absolute Gasteiger partial charge is 0.496 e. The van der Waals surface area contributed by atoms with E-state index in [0.29, 0.717) is 22.8 Å². The molecule has 0 fully saturated rings. The topological polar surface area (TPSA) is 47.9 Å². The summed E-state index contributed by atoms with van der Waals surface area (Å²) in [6, 6.07) is 11.1. The molecular weight excluding hydrogens is 383 g/mol. The highest BCUT2D eigenvalue weighted by Gasteiger charge is 2.22. The summed E-state index contributed by atoms with van der Waals surface area (Å²) < 4.78 is 17.0. The fourth-order valence-corrected chi connectivity index (χ4v) is 2.71. The zero-order valence-electron chi connectivity index (χ0n) is 12.1. The average molecular weight is 400 g/mol. The van der Waals surface area contributed by atoms with Crippen LogP contribution in [0.2, 0.25) is 0 Å². The highest BCUT2D eigenvalue weighted by molar-refractivity contribution is 14.1. The maximum Gasteiger partial charge on any atom is 0.132 e. The maximum atomic E-state index is 10.7. The van der Waals surface area contributed by atoms with Crippen LogP contribution in [0.4, 0.5) is 0 Å². The zero-order valence-corrected chi connectivity index (χ0v) is 14.2. The summed E-state index contributed by atoms with van der Waals surface area (Å²) in [6.45, 7) is 0. The highest BCUT2D eigenvalue weighted by Crippen LogP contribution is 2.40. The van der Waals surface area contributed by atoms with Gasteiger partial charge in [0.15, 0.2) is 0 Å². The molecule has 1 N–H and O–H groups in total. The molecule has 0 bridgehead atoms. The van der Waals surface area contributed by atoms with Crippen LogP contribution >= 0.6 is 22.6 Å². The lowest BCUT2D eigenvalue weighted by Gasteiger charge is -2.19. The third-order valence-corrected chi connectivity index (χ3v) is 3.86. The highest BCUT2D eigenvalue weighted by atomic mass is 127. The van der Waals surface area contributed by atoms with Crippen molar-refractivity contribution in [1.82, 2.24) is 0 Å². The molecule has 112 valence electrons. The summed E-state index contributed by atoms with van der Waals surface area (Å²) in [4.78, 5) is 0. The lowest BCUT2D eigenvalue weighted by molar-refractivity contribution is 0.208. The number of hydrogen-bond donors (Lipinski definition) is 1. The van der Waals surface area contributed by atoms with Gasteiger partial charge in [-0.05, 0) is 40.3 Å². The van der Waals surface area contributed by atoms with Gasteiger partial charge in [0.1, 0.15) is 23.4 Å². The summed E-state index contributed by atoms with van der Waals surface area (Å²) in [6.07, 6.45) is -0.837. The van der Waals surface area contributed by atoms with Gasteiger partial charge in [0.25, 0.3) is 0 Å². The maximum absolute atomic E-state index is 10.7. The molecule has 0 aliphatic carbocycles. The van der Waals surface area contributed by atoms with Crippen molar-refractivity contribution >= 4 is 22.6 Å². The zero-order chi connectivity index (χ0) is 15.4. The number of methoxy groups -OCH3 is 3. The van der Waals surface area contributed by atoms with Crippen LogP contribution in [0.15, 0.2) is 36.4 Å². The number of hydrogen-bond acceptors (Lipinski definition) is 4. The van der Waals surface area contributed by atoms with Gasteiger partial charge in [-0.2, -0.15) is 0 Å². The SMILES string of the molecule is COc1cc(OC)c(C(O)c2cccc(I)c2)c(OC)c1. The molecule has 1 atom stereocenters. The molecule has 4 nitrogen and oxygen atoms in total. The molecule has 0 amide bonds. The smallest absolute Gasteiger partial charge is 0.132 e. The van der Waals surface area contributed by atoms with Crippen molar-refractivity contribution < 1.29 is 19.3 Å². The Bertz CT molecular complexity index is 602. The van der Waals surface area contributed by atoms with Crippen molar-refractivity contribution in [1.29, 1.82) is 0 Å². The van der Waals surface area contributed by atoms with Crippen LogP contribution in [0.1, 0.15) is 17.2 Å². The van der Waals surface area contributed by atoms with Gasteiger partial charge >= 0.3 is 0 Å². The Hall–Kier alpha value is -1.47. The van der Waals surface area contributed by atoms with Crippen LogP contribution < -0.4 is 14.2 Å². The van der Waals surface area contributed by atoms with Gasteiger partial charge in [-0.25, -0.2) is 0 Å². The molecule has 2 aromatic rings. The van der Waals surface area contributed by atoms with Crippen LogP contribution in [-0.2, 0) is 0 Å². The quantitative estimate of drug-likeness (QED) is 0.782. The van der Waals surface area contributed by atoms with E-state index in [1.54, 1.807) is 33.5 Å². The second-order valence-corrected chi connectivity index (χ2v) is 5.65. The number of aliphatic hydroxyl groups is 1. The number of benzene rings is 2. The molecule has 0 radical (unpaired) electrons. The Balaban J connectivity index is 2.55. The molecule has 0 saturated carbocycles. The molecule has 1 unspecified atom stereocenters. The van der Waals surface area contributed by atoms with E-state index in [1.807, 2.05) is 24.3 Å². The van der Waals surface area contributed by atoms with E-state index in [-0.39, 0.29) is 0 Å². The van der Waals surface area contributed by atoms with E-state index in [9.17, 15) is 5.11 Å². The van der Waals surface area contributed by atoms with Crippen LogP contribution in [0.3, 0.4) is 0 Å². The minimum Gasteiger partial charge on any atom is -0.496 e. The van der Waals surface area contributed by atoms with E-state index < -0.39 is 6.10 Å². The lowest BCUT2D eigenvalue weighted by Crippen LogP contribution is -2.06. The molecule has 0 spiro atoms. The van der Waals surface area contributed by atoms with Crippen LogP contribution in [0.25, 0.3) is 0 Å². The lowest BCUT2D eigenvalue weighted by atomic mass is 9.99. The summed E-state index contributed by atoms with van der Waals surface area (Å²) in [7, 11) is 4.68. The molecule has 0 heterocycles. The van der Waals surface area contributed by atoms with Crippen LogP contribution in [-0.4, -0.2) is 26.4 Å². The van der Waals surface area contributed by atoms with Crippen LogP contribution in [0.5, 0.6) is 17.2 Å². The molecule has 0 aliphatic heterocycles. The van der Waals surface area contributed by atoms with E-state index in [1.165, 1.54) is 0 Å². The number of ether oxygens (including phenoxy) is 3. The first-order valence-corrected chi connectivity index (χ1v) is 7.42. The van der Waals surface area contributed by atoms with Crippen molar-refractivity contribution in [2.45, 2.75) is 6.10 Å². The number of halogens is 1. The van der Waals surface area contributed by atoms with Crippen molar-refractivity contribution in [2.24, 2.45) is 0 Å². The monoisotopic (exact) mass is 400 g/mol. The summed E-state index contributed by atoms with van der Waals surface area (Å²) in [5.41, 5.74) is 1.37. The minimum absolute atomic E-state index is 0.526. The fraction of sp³-hybridized carbons (Fsp3) is 0.250. The molecule has 2 aromatic carbocycles. The molecule has 0 saturated heterocycles. The van der Waals surface area contributed by atoms with E-state index in [2.05, 4.69) is 22.6 Å². The van der Waals surface area contributed by atoms with Gasteiger partial charge in [0.05, 0.1) is 26.9 Å². The van der Waals surface area contributed by atoms with Gasteiger partial charge in [-0.15, -0.1) is 0 Å². The minimum atomic E-state index is -0.837. The molecule has 0 aliphatic rings. The van der Waals surface area contributed by atoms with Gasteiger partial charge < -0.3 is 19.3 Å². The fourth-order valence-electron chi connectivity index (χ4n) is 2.15. The number of rotatable bonds is 5. The van der Waals surface area contributed by atoms with Gasteiger partial charge in [0.2, 0.25) is 0 Å². The van der Waals surface area contributed by atoms with Crippen molar-refractivity contribution in [3.63, 3.8) is 0 Å². The Morgan fingerprint density at radius 2 is 1.57 bits per heavy atom. The van der Waals surface area contributed by atoms with Gasteiger partial charge in [-0.3, -0.25) is 0 Å². The van der Waals surface area contributed by atoms with Gasteiger partial charge in [-0.1, -0.05) is 12.1 Å². The third kappa shape index (κ3) is 3.41. The summed E-state index contributed by atoms with van der Waals surface area (Å²) in [5.74, 6) is 1.66. The molecule has 2 rings (SSSR count). The van der Waals surface area contributed by atoms with Gasteiger partial charge in [0, 0.05) is 15.7 Å². The van der Waals surface area contributed by atoms with Crippen LogP contribution in [0, 0.1) is 3.57 Å². The average Bonchev–Trinajstić information content (AvgIpc) is 2.52. The number of aliphatic hydroxyl groups excluding tert-OH is 1. The first kappa shape index (κ1) is 15.9. The Kier molecular flexibility index (Phi) is 5.30. The Morgan fingerprint density at radius 3 is 2.05 bits per heavy atom. The first-order chi connectivity index (χ1) is 10.1. The van der Waals surface area contributed by atoms with Crippen molar-refractivity contribution in [3.8, 4) is 17.2 Å². The van der Waals surface area contributed by atoms with E-state index in [4.69, 9.17) is 14.2 Å². The van der Waals surface area contributed by atoms with Crippen molar-refractivity contribution in [2.75, 3.05) is 21.3 Å². The van der Waals surface area contributed by atoms with E-state index in [0.717, 1.165) is 9.13 Å². The molecule has 0 aromatic heterocycles. The Labute approximate surface area is 137 Å². The Morgan fingerprint density at radius 1 is 0.952 bits per heavy atom. The summed E-state index contributed by atoms with van der Waals surface area (Å²) in [5, 5.41) is 10.7. The normalized spacial score (nSPS) is 11.9. The van der Waals surface area contributed by atoms with Crippen molar-refractivity contribution in [3.05, 3.63) is 51.1 Å². The predicted molar refractivity (Wildman–Crippen MR) is 89.3 cm³/mol.